The monoisotopic (exact) mass is 434 g/mol. The Hall–Kier alpha value is -1.88. The molecule has 7 nitrogen and oxygen atoms in total. The first kappa shape index (κ1) is 24.4. The molecule has 2 atom stereocenters. The third-order valence-corrected chi connectivity index (χ3v) is 4.77. The predicted molar refractivity (Wildman–Crippen MR) is 103 cm³/mol. The molecule has 10 heteroatoms. The van der Waals surface area contributed by atoms with E-state index in [4.69, 9.17) is 14.2 Å². The predicted octanol–water partition coefficient (Wildman–Crippen LogP) is 1.93. The zero-order valence-electron chi connectivity index (χ0n) is 17.0. The Labute approximate surface area is 174 Å². The molecule has 0 spiro atoms. The Kier molecular flexibility index (Phi) is 9.83. The van der Waals surface area contributed by atoms with Gasteiger partial charge in [-0.25, -0.2) is 4.79 Å². The molecule has 170 valence electrons. The summed E-state index contributed by atoms with van der Waals surface area (Å²) >= 11 is 0. The van der Waals surface area contributed by atoms with Gasteiger partial charge in [-0.2, -0.15) is 13.2 Å². The summed E-state index contributed by atoms with van der Waals surface area (Å²) in [5.41, 5.74) is -0.0517. The second-order valence-corrected chi connectivity index (χ2v) is 7.14. The van der Waals surface area contributed by atoms with Gasteiger partial charge in [0.15, 0.2) is 0 Å². The lowest BCUT2D eigenvalue weighted by Crippen LogP contribution is -2.51. The van der Waals surface area contributed by atoms with Crippen molar-refractivity contribution in [1.29, 1.82) is 0 Å². The Bertz CT molecular complexity index is 642. The lowest BCUT2D eigenvalue weighted by atomic mass is 9.99. The van der Waals surface area contributed by atoms with Crippen LogP contribution in [-0.2, 0) is 26.8 Å². The zero-order chi connectivity index (χ0) is 22.0. The summed E-state index contributed by atoms with van der Waals surface area (Å²) in [5, 5.41) is 12.4. The van der Waals surface area contributed by atoms with Crippen molar-refractivity contribution >= 4 is 6.03 Å². The minimum Gasteiger partial charge on any atom is -0.396 e. The average molecular weight is 434 g/mol. The quantitative estimate of drug-likeness (QED) is 0.550. The first-order valence-corrected chi connectivity index (χ1v) is 9.81. The number of aliphatic hydroxyl groups is 1. The van der Waals surface area contributed by atoms with Crippen molar-refractivity contribution in [2.24, 2.45) is 5.92 Å². The molecule has 0 aromatic heterocycles. The maximum atomic E-state index is 12.7. The van der Waals surface area contributed by atoms with E-state index in [0.29, 0.717) is 51.5 Å². The molecule has 1 aromatic carbocycles. The van der Waals surface area contributed by atoms with Crippen molar-refractivity contribution in [3.8, 4) is 0 Å². The number of nitrogens with zero attached hydrogens (tertiary/aromatic N) is 1. The Balaban J connectivity index is 1.77. The Morgan fingerprint density at radius 2 is 2.07 bits per heavy atom. The third kappa shape index (κ3) is 8.10. The maximum Gasteiger partial charge on any atom is 0.416 e. The van der Waals surface area contributed by atoms with Crippen LogP contribution in [0.5, 0.6) is 0 Å². The number of rotatable bonds is 10. The summed E-state index contributed by atoms with van der Waals surface area (Å²) in [6.45, 7) is 2.55. The Morgan fingerprint density at radius 3 is 2.70 bits per heavy atom. The van der Waals surface area contributed by atoms with E-state index in [1.165, 1.54) is 12.1 Å². The number of morpholine rings is 1. The number of ether oxygens (including phenoxy) is 3. The number of benzene rings is 1. The van der Waals surface area contributed by atoms with Crippen molar-refractivity contribution in [3.05, 3.63) is 35.4 Å². The number of amides is 2. The van der Waals surface area contributed by atoms with Crippen LogP contribution in [0.2, 0.25) is 0 Å². The molecule has 0 bridgehead atoms. The molecule has 0 aliphatic carbocycles. The van der Waals surface area contributed by atoms with Gasteiger partial charge in [-0.1, -0.05) is 12.1 Å². The minimum absolute atomic E-state index is 0.194. The van der Waals surface area contributed by atoms with Crippen LogP contribution >= 0.6 is 0 Å². The molecule has 1 aliphatic rings. The highest BCUT2D eigenvalue weighted by Crippen LogP contribution is 2.29. The molecule has 2 amide bonds. The van der Waals surface area contributed by atoms with Crippen molar-refractivity contribution in [2.75, 3.05) is 59.8 Å². The van der Waals surface area contributed by atoms with E-state index in [-0.39, 0.29) is 31.2 Å². The molecule has 1 fully saturated rings. The molecule has 30 heavy (non-hydrogen) atoms. The summed E-state index contributed by atoms with van der Waals surface area (Å²) in [5.74, 6) is -0.306. The van der Waals surface area contributed by atoms with Gasteiger partial charge >= 0.3 is 12.2 Å². The molecular weight excluding hydrogens is 405 g/mol. The van der Waals surface area contributed by atoms with Crippen molar-refractivity contribution in [2.45, 2.75) is 18.7 Å². The van der Waals surface area contributed by atoms with E-state index < -0.39 is 11.7 Å². The van der Waals surface area contributed by atoms with Gasteiger partial charge in [-0.15, -0.1) is 0 Å². The van der Waals surface area contributed by atoms with E-state index in [1.54, 1.807) is 12.0 Å². The SMILES string of the molecule is COCCOCC1CN(C(=O)NCC(CO)Cc2ccc(C(F)(F)F)cc2)CCO1. The number of alkyl halides is 3. The molecule has 2 N–H and O–H groups in total. The van der Waals surface area contributed by atoms with E-state index in [1.807, 2.05) is 0 Å². The van der Waals surface area contributed by atoms with Gasteiger partial charge in [0.05, 0.1) is 44.6 Å². The number of carbonyl (C=O) groups excluding carboxylic acids is 1. The van der Waals surface area contributed by atoms with Gasteiger partial charge in [0.25, 0.3) is 0 Å². The van der Waals surface area contributed by atoms with Crippen LogP contribution in [-0.4, -0.2) is 81.9 Å². The van der Waals surface area contributed by atoms with E-state index >= 15 is 0 Å². The van der Waals surface area contributed by atoms with Gasteiger partial charge < -0.3 is 29.5 Å². The highest BCUT2D eigenvalue weighted by atomic mass is 19.4. The summed E-state index contributed by atoms with van der Waals surface area (Å²) < 4.78 is 53.9. The lowest BCUT2D eigenvalue weighted by Gasteiger charge is -2.33. The second kappa shape index (κ2) is 12.1. The van der Waals surface area contributed by atoms with Crippen LogP contribution in [0.1, 0.15) is 11.1 Å². The summed E-state index contributed by atoms with van der Waals surface area (Å²) in [6.07, 6.45) is -4.25. The number of halogens is 3. The second-order valence-electron chi connectivity index (χ2n) is 7.14. The zero-order valence-corrected chi connectivity index (χ0v) is 17.0. The van der Waals surface area contributed by atoms with Gasteiger partial charge in [0.2, 0.25) is 0 Å². The van der Waals surface area contributed by atoms with Crippen LogP contribution < -0.4 is 5.32 Å². The summed E-state index contributed by atoms with van der Waals surface area (Å²) in [4.78, 5) is 14.1. The number of aliphatic hydroxyl groups excluding tert-OH is 1. The third-order valence-electron chi connectivity index (χ3n) is 4.77. The summed E-state index contributed by atoms with van der Waals surface area (Å²) in [7, 11) is 1.59. The minimum atomic E-state index is -4.38. The average Bonchev–Trinajstić information content (AvgIpc) is 2.74. The normalized spacial score (nSPS) is 18.3. The molecule has 2 rings (SSSR count). The van der Waals surface area contributed by atoms with Gasteiger partial charge in [-0.3, -0.25) is 0 Å². The van der Waals surface area contributed by atoms with Crippen LogP contribution in [0.4, 0.5) is 18.0 Å². The summed E-state index contributed by atoms with van der Waals surface area (Å²) in [6, 6.07) is 4.55. The highest BCUT2D eigenvalue weighted by Gasteiger charge is 2.30. The topological polar surface area (TPSA) is 80.3 Å². The molecule has 1 aliphatic heterocycles. The van der Waals surface area contributed by atoms with E-state index in [0.717, 1.165) is 12.1 Å². The Morgan fingerprint density at radius 1 is 1.33 bits per heavy atom. The fourth-order valence-corrected chi connectivity index (χ4v) is 3.07. The van der Waals surface area contributed by atoms with Crippen molar-refractivity contribution in [1.82, 2.24) is 10.2 Å². The van der Waals surface area contributed by atoms with Gasteiger partial charge in [0.1, 0.15) is 0 Å². The number of methoxy groups -OCH3 is 1. The molecular formula is C20H29F3N2O5. The first-order valence-electron chi connectivity index (χ1n) is 9.81. The largest absolute Gasteiger partial charge is 0.416 e. The number of hydrogen-bond acceptors (Lipinski definition) is 5. The van der Waals surface area contributed by atoms with Crippen molar-refractivity contribution in [3.63, 3.8) is 0 Å². The lowest BCUT2D eigenvalue weighted by molar-refractivity contribution is -0.137. The van der Waals surface area contributed by atoms with Crippen LogP contribution in [0.15, 0.2) is 24.3 Å². The van der Waals surface area contributed by atoms with E-state index in [2.05, 4.69) is 5.32 Å². The van der Waals surface area contributed by atoms with Gasteiger partial charge in [-0.05, 0) is 24.1 Å². The van der Waals surface area contributed by atoms with Crippen molar-refractivity contribution < 1.29 is 37.3 Å². The molecule has 1 heterocycles. The standard InChI is InChI=1S/C20H29F3N2O5/c1-28-8-9-29-14-18-12-25(6-7-30-18)19(27)24-11-16(13-26)10-15-2-4-17(5-3-15)20(21,22)23/h2-5,16,18,26H,6-14H2,1H3,(H,24,27). The fraction of sp³-hybridized carbons (Fsp3) is 0.650. The highest BCUT2D eigenvalue weighted by molar-refractivity contribution is 5.74. The molecule has 1 saturated heterocycles. The van der Waals surface area contributed by atoms with E-state index in [9.17, 15) is 23.1 Å². The molecule has 0 saturated carbocycles. The fourth-order valence-electron chi connectivity index (χ4n) is 3.07. The molecule has 0 radical (unpaired) electrons. The number of hydrogen-bond donors (Lipinski definition) is 2. The number of carbonyl (C=O) groups is 1. The first-order chi connectivity index (χ1) is 14.3. The van der Waals surface area contributed by atoms with Crippen LogP contribution in [0.25, 0.3) is 0 Å². The maximum absolute atomic E-state index is 12.7. The molecule has 1 aromatic rings. The molecule has 2 unspecified atom stereocenters. The smallest absolute Gasteiger partial charge is 0.396 e. The number of nitrogens with one attached hydrogen (secondary N) is 1. The number of urea groups is 1. The van der Waals surface area contributed by atoms with Crippen LogP contribution in [0.3, 0.4) is 0 Å². The van der Waals surface area contributed by atoms with Gasteiger partial charge in [0, 0.05) is 32.7 Å². The van der Waals surface area contributed by atoms with Crippen LogP contribution in [0, 0.1) is 5.92 Å².